The monoisotopic (exact) mass is 243 g/mol. The second kappa shape index (κ2) is 4.77. The van der Waals surface area contributed by atoms with Crippen LogP contribution >= 0.6 is 0 Å². The molecule has 0 saturated heterocycles. The van der Waals surface area contributed by atoms with Crippen LogP contribution in [0, 0.1) is 11.8 Å². The Bertz CT molecular complexity index is 498. The van der Waals surface area contributed by atoms with Gasteiger partial charge in [-0.1, -0.05) is 31.5 Å². The Morgan fingerprint density at radius 3 is 2.78 bits per heavy atom. The molecule has 0 amide bonds. The third-order valence-electron chi connectivity index (χ3n) is 4.27. The van der Waals surface area contributed by atoms with Crippen LogP contribution in [0.2, 0.25) is 0 Å². The number of para-hydroxylation sites is 1. The van der Waals surface area contributed by atoms with Crippen LogP contribution in [0.1, 0.15) is 38.0 Å². The van der Waals surface area contributed by atoms with Gasteiger partial charge in [-0.15, -0.1) is 0 Å². The van der Waals surface area contributed by atoms with E-state index < -0.39 is 0 Å². The Balaban J connectivity index is 1.91. The quantitative estimate of drug-likeness (QED) is 0.876. The fourth-order valence-electron chi connectivity index (χ4n) is 3.32. The van der Waals surface area contributed by atoms with Gasteiger partial charge in [0.05, 0.1) is 6.04 Å². The summed E-state index contributed by atoms with van der Waals surface area (Å²) in [7, 11) is 2.04. The van der Waals surface area contributed by atoms with E-state index in [0.29, 0.717) is 12.0 Å². The molecule has 1 aromatic carbocycles. The molecule has 1 aliphatic rings. The van der Waals surface area contributed by atoms with Crippen LogP contribution in [0.15, 0.2) is 34.7 Å². The van der Waals surface area contributed by atoms with Crippen molar-refractivity contribution in [1.29, 1.82) is 0 Å². The first kappa shape index (κ1) is 11.8. The molecule has 1 aliphatic carbocycles. The van der Waals surface area contributed by atoms with Crippen molar-refractivity contribution in [2.24, 2.45) is 11.8 Å². The summed E-state index contributed by atoms with van der Waals surface area (Å²) in [6.45, 7) is 2.35. The van der Waals surface area contributed by atoms with Crippen LogP contribution in [0.25, 0.3) is 11.0 Å². The molecule has 2 nitrogen and oxygen atoms in total. The maximum Gasteiger partial charge on any atom is 0.134 e. The van der Waals surface area contributed by atoms with Crippen molar-refractivity contribution in [3.8, 4) is 0 Å². The van der Waals surface area contributed by atoms with Gasteiger partial charge in [0.15, 0.2) is 0 Å². The minimum Gasteiger partial charge on any atom is -0.459 e. The van der Waals surface area contributed by atoms with Crippen molar-refractivity contribution in [1.82, 2.24) is 5.32 Å². The SMILES string of the molecule is CNC(c1cc2ccccc2o1)C1CCC(C)C1. The van der Waals surface area contributed by atoms with E-state index >= 15 is 0 Å². The van der Waals surface area contributed by atoms with Crippen LogP contribution in [-0.2, 0) is 0 Å². The lowest BCUT2D eigenvalue weighted by atomic mass is 9.95. The number of rotatable bonds is 3. The molecule has 1 aromatic heterocycles. The molecule has 1 fully saturated rings. The summed E-state index contributed by atoms with van der Waals surface area (Å²) in [5, 5.41) is 4.66. The largest absolute Gasteiger partial charge is 0.459 e. The minimum absolute atomic E-state index is 0.363. The third kappa shape index (κ3) is 2.05. The number of benzene rings is 1. The summed E-state index contributed by atoms with van der Waals surface area (Å²) in [6, 6.07) is 10.8. The molecule has 1 heterocycles. The summed E-state index contributed by atoms with van der Waals surface area (Å²) in [5.41, 5.74) is 0.999. The molecule has 0 radical (unpaired) electrons. The van der Waals surface area contributed by atoms with E-state index in [0.717, 1.165) is 17.3 Å². The van der Waals surface area contributed by atoms with Gasteiger partial charge in [-0.05, 0) is 43.9 Å². The highest BCUT2D eigenvalue weighted by molar-refractivity contribution is 5.77. The lowest BCUT2D eigenvalue weighted by Gasteiger charge is -2.20. The van der Waals surface area contributed by atoms with E-state index in [1.54, 1.807) is 0 Å². The van der Waals surface area contributed by atoms with Gasteiger partial charge in [-0.2, -0.15) is 0 Å². The lowest BCUT2D eigenvalue weighted by molar-refractivity contribution is 0.330. The number of hydrogen-bond acceptors (Lipinski definition) is 2. The Kier molecular flexibility index (Phi) is 3.13. The Morgan fingerprint density at radius 2 is 2.11 bits per heavy atom. The zero-order chi connectivity index (χ0) is 12.5. The molecule has 1 saturated carbocycles. The van der Waals surface area contributed by atoms with Crippen molar-refractivity contribution >= 4 is 11.0 Å². The first-order valence-electron chi connectivity index (χ1n) is 6.93. The topological polar surface area (TPSA) is 25.2 Å². The molecular formula is C16H21NO. The van der Waals surface area contributed by atoms with Crippen LogP contribution in [0.3, 0.4) is 0 Å². The van der Waals surface area contributed by atoms with Gasteiger partial charge < -0.3 is 9.73 Å². The van der Waals surface area contributed by atoms with Gasteiger partial charge in [-0.3, -0.25) is 0 Å². The summed E-state index contributed by atoms with van der Waals surface area (Å²) in [4.78, 5) is 0. The number of fused-ring (bicyclic) bond motifs is 1. The maximum atomic E-state index is 6.01. The van der Waals surface area contributed by atoms with Gasteiger partial charge >= 0.3 is 0 Å². The molecule has 1 N–H and O–H groups in total. The van der Waals surface area contributed by atoms with Crippen LogP contribution in [-0.4, -0.2) is 7.05 Å². The zero-order valence-electron chi connectivity index (χ0n) is 11.1. The molecule has 18 heavy (non-hydrogen) atoms. The summed E-state index contributed by atoms with van der Waals surface area (Å²) in [6.07, 6.45) is 3.97. The van der Waals surface area contributed by atoms with Gasteiger partial charge in [0, 0.05) is 5.39 Å². The molecule has 0 spiro atoms. The van der Waals surface area contributed by atoms with Gasteiger partial charge in [-0.25, -0.2) is 0 Å². The van der Waals surface area contributed by atoms with Gasteiger partial charge in [0.25, 0.3) is 0 Å². The highest BCUT2D eigenvalue weighted by Crippen LogP contribution is 2.39. The zero-order valence-corrected chi connectivity index (χ0v) is 11.1. The molecule has 2 aromatic rings. The number of nitrogens with one attached hydrogen (secondary N) is 1. The fraction of sp³-hybridized carbons (Fsp3) is 0.500. The first-order valence-corrected chi connectivity index (χ1v) is 6.93. The summed E-state index contributed by atoms with van der Waals surface area (Å²) < 4.78 is 6.01. The van der Waals surface area contributed by atoms with Crippen molar-refractivity contribution < 1.29 is 4.42 Å². The van der Waals surface area contributed by atoms with Crippen LogP contribution in [0.4, 0.5) is 0 Å². The lowest BCUT2D eigenvalue weighted by Crippen LogP contribution is -2.23. The van der Waals surface area contributed by atoms with E-state index in [2.05, 4.69) is 30.4 Å². The predicted octanol–water partition coefficient (Wildman–Crippen LogP) is 4.13. The van der Waals surface area contributed by atoms with Crippen molar-refractivity contribution in [2.75, 3.05) is 7.05 Å². The van der Waals surface area contributed by atoms with E-state index in [-0.39, 0.29) is 0 Å². The standard InChI is InChI=1S/C16H21NO/c1-11-7-8-13(9-11)16(17-2)15-10-12-5-3-4-6-14(12)18-15/h3-6,10-11,13,16-17H,7-9H2,1-2H3. The second-order valence-corrected chi connectivity index (χ2v) is 5.63. The minimum atomic E-state index is 0.363. The highest BCUT2D eigenvalue weighted by atomic mass is 16.3. The Hall–Kier alpha value is -1.28. The van der Waals surface area contributed by atoms with E-state index in [9.17, 15) is 0 Å². The average molecular weight is 243 g/mol. The second-order valence-electron chi connectivity index (χ2n) is 5.63. The maximum absolute atomic E-state index is 6.01. The van der Waals surface area contributed by atoms with E-state index in [1.165, 1.54) is 24.6 Å². The van der Waals surface area contributed by atoms with Crippen molar-refractivity contribution in [2.45, 2.75) is 32.2 Å². The third-order valence-corrected chi connectivity index (χ3v) is 4.27. The molecule has 0 aliphatic heterocycles. The van der Waals surface area contributed by atoms with Crippen LogP contribution < -0.4 is 5.32 Å². The first-order chi connectivity index (χ1) is 8.78. The summed E-state index contributed by atoms with van der Waals surface area (Å²) in [5.74, 6) is 2.67. The van der Waals surface area contributed by atoms with Gasteiger partial charge in [0.2, 0.25) is 0 Å². The van der Waals surface area contributed by atoms with E-state index in [4.69, 9.17) is 4.42 Å². The summed E-state index contributed by atoms with van der Waals surface area (Å²) >= 11 is 0. The Labute approximate surface area is 108 Å². The highest BCUT2D eigenvalue weighted by Gasteiger charge is 2.30. The number of furan rings is 1. The van der Waals surface area contributed by atoms with Gasteiger partial charge in [0.1, 0.15) is 11.3 Å². The van der Waals surface area contributed by atoms with Crippen LogP contribution in [0.5, 0.6) is 0 Å². The molecule has 0 bridgehead atoms. The predicted molar refractivity (Wildman–Crippen MR) is 74.5 cm³/mol. The normalized spacial score (nSPS) is 25.7. The van der Waals surface area contributed by atoms with Crippen molar-refractivity contribution in [3.63, 3.8) is 0 Å². The Morgan fingerprint density at radius 1 is 1.28 bits per heavy atom. The fourth-order valence-corrected chi connectivity index (χ4v) is 3.32. The molecule has 3 rings (SSSR count). The number of hydrogen-bond donors (Lipinski definition) is 1. The molecule has 3 unspecified atom stereocenters. The molecule has 96 valence electrons. The average Bonchev–Trinajstić information content (AvgIpc) is 2.96. The molecular weight excluding hydrogens is 222 g/mol. The smallest absolute Gasteiger partial charge is 0.134 e. The van der Waals surface area contributed by atoms with Crippen molar-refractivity contribution in [3.05, 3.63) is 36.1 Å². The molecule has 3 atom stereocenters. The molecule has 2 heteroatoms. The van der Waals surface area contributed by atoms with E-state index in [1.807, 2.05) is 19.2 Å².